The maximum atomic E-state index is 14.2. The third-order valence-corrected chi connectivity index (χ3v) is 10.9. The van der Waals surface area contributed by atoms with Crippen LogP contribution < -0.4 is 16.4 Å². The van der Waals surface area contributed by atoms with E-state index in [2.05, 4.69) is 5.32 Å². The molecule has 3 aromatic carbocycles. The van der Waals surface area contributed by atoms with Crippen LogP contribution in [0.15, 0.2) is 77.6 Å². The Hall–Kier alpha value is -6.03. The summed E-state index contributed by atoms with van der Waals surface area (Å²) in [5.41, 5.74) is 4.25. The van der Waals surface area contributed by atoms with Gasteiger partial charge in [-0.25, -0.2) is 14.9 Å². The number of likely N-dealkylation sites (N-methyl/N-ethyl adjacent to an activating group) is 1. The molecule has 0 saturated heterocycles. The van der Waals surface area contributed by atoms with Crippen LogP contribution in [0.2, 0.25) is 0 Å². The summed E-state index contributed by atoms with van der Waals surface area (Å²) >= 11 is 0. The minimum atomic E-state index is -3.07. The largest absolute Gasteiger partial charge is 0.508 e. The molecule has 274 valence electrons. The van der Waals surface area contributed by atoms with Crippen LogP contribution in [-0.2, 0) is 19.1 Å². The van der Waals surface area contributed by atoms with Gasteiger partial charge in [-0.2, -0.15) is 0 Å². The highest BCUT2D eigenvalue weighted by Gasteiger charge is 2.68. The van der Waals surface area contributed by atoms with Gasteiger partial charge in [-0.3, -0.25) is 19.3 Å². The smallest absolute Gasteiger partial charge is 0.415 e. The van der Waals surface area contributed by atoms with E-state index in [-0.39, 0.29) is 29.3 Å². The van der Waals surface area contributed by atoms with Gasteiger partial charge in [-0.05, 0) is 53.9 Å². The van der Waals surface area contributed by atoms with E-state index in [4.69, 9.17) is 10.5 Å². The molecular formula is C38H36N4O11. The lowest BCUT2D eigenvalue weighted by Crippen LogP contribution is -2.70. The van der Waals surface area contributed by atoms with E-state index in [1.165, 1.54) is 31.1 Å². The number of phenolic OH excluding ortho intramolecular Hbond substituents is 1. The summed E-state index contributed by atoms with van der Waals surface area (Å²) in [6, 6.07) is 15.6. The second-order valence-corrected chi connectivity index (χ2v) is 13.9. The SMILES string of the molecule is C[C@@H]1c2ccc(NC(=O)NC(=O)OCC3c4ccccc4-c4ccccc43)c(O)c2C(O)=C2C(=O)[C@@]3(O)C(O)=C(C(N)=O)C(=O)[C@H](N(C)C)[C@H]3[C@H](O)[C@H]21. The monoisotopic (exact) mass is 724 g/mol. The van der Waals surface area contributed by atoms with Gasteiger partial charge in [0.15, 0.2) is 11.4 Å². The fourth-order valence-corrected chi connectivity index (χ4v) is 8.60. The zero-order valence-corrected chi connectivity index (χ0v) is 28.7. The lowest BCUT2D eigenvalue weighted by Gasteiger charge is -2.53. The van der Waals surface area contributed by atoms with Gasteiger partial charge in [0.1, 0.15) is 29.4 Å². The molecule has 1 fully saturated rings. The number of anilines is 1. The van der Waals surface area contributed by atoms with Crippen molar-refractivity contribution < 1.29 is 54.2 Å². The number of carbonyl (C=O) groups excluding carboxylic acids is 5. The first kappa shape index (κ1) is 35.4. The first-order valence-electron chi connectivity index (χ1n) is 16.7. The Balaban J connectivity index is 1.15. The summed E-state index contributed by atoms with van der Waals surface area (Å²) in [5.74, 6) is -10.8. The molecule has 0 spiro atoms. The third kappa shape index (κ3) is 5.10. The van der Waals surface area contributed by atoms with Crippen molar-refractivity contribution in [2.24, 2.45) is 17.6 Å². The Morgan fingerprint density at radius 1 is 0.925 bits per heavy atom. The van der Waals surface area contributed by atoms with Crippen molar-refractivity contribution in [2.75, 3.05) is 26.0 Å². The minimum Gasteiger partial charge on any atom is -0.508 e. The molecule has 15 heteroatoms. The van der Waals surface area contributed by atoms with E-state index in [1.54, 1.807) is 6.92 Å². The van der Waals surface area contributed by atoms with Gasteiger partial charge in [0, 0.05) is 17.4 Å². The Morgan fingerprint density at radius 3 is 2.11 bits per heavy atom. The van der Waals surface area contributed by atoms with E-state index in [9.17, 15) is 49.5 Å². The summed E-state index contributed by atoms with van der Waals surface area (Å²) in [6.45, 7) is 1.51. The molecule has 1 saturated carbocycles. The lowest BCUT2D eigenvalue weighted by molar-refractivity contribution is -0.169. The number of aromatic hydroxyl groups is 1. The van der Waals surface area contributed by atoms with Gasteiger partial charge in [0.2, 0.25) is 5.78 Å². The van der Waals surface area contributed by atoms with Crippen LogP contribution in [0.4, 0.5) is 15.3 Å². The zero-order chi connectivity index (χ0) is 38.3. The van der Waals surface area contributed by atoms with Gasteiger partial charge < -0.3 is 41.3 Å². The maximum Gasteiger partial charge on any atom is 0.415 e. The van der Waals surface area contributed by atoms with E-state index in [1.807, 2.05) is 53.8 Å². The van der Waals surface area contributed by atoms with Crippen molar-refractivity contribution in [3.8, 4) is 16.9 Å². The number of urea groups is 1. The standard InChI is InChI=1S/C38H36N4O11/c1-15-16-12-13-22(40-36(50)41-37(51)53-14-21-19-10-6-4-8-17(19)18-9-5-7-11-20(18)21)29(43)24(16)30(44)25-23(15)31(45)27-28(42(2)3)32(46)26(35(39)49)34(48)38(27,52)33(25)47/h4-13,15,21,23,27-28,31,43-45,48,52H,14H2,1-3H3,(H2,39,49)(H2,40,41,50,51)/t15-,23+,27+,28-,31-,38-/m1/s1. The highest BCUT2D eigenvalue weighted by molar-refractivity contribution is 6.24. The van der Waals surface area contributed by atoms with E-state index in [0.29, 0.717) is 0 Å². The van der Waals surface area contributed by atoms with Crippen molar-refractivity contribution in [3.05, 3.63) is 99.8 Å². The van der Waals surface area contributed by atoms with Crippen molar-refractivity contribution in [2.45, 2.75) is 36.5 Å². The molecule has 4 amide bonds. The second kappa shape index (κ2) is 12.6. The number of ketones is 2. The second-order valence-electron chi connectivity index (χ2n) is 13.9. The number of hydrogen-bond acceptors (Lipinski definition) is 12. The molecule has 0 radical (unpaired) electrons. The molecule has 9 N–H and O–H groups in total. The topological polar surface area (TPSA) is 249 Å². The van der Waals surface area contributed by atoms with Crippen molar-refractivity contribution in [1.29, 1.82) is 0 Å². The fourth-order valence-electron chi connectivity index (χ4n) is 8.60. The maximum absolute atomic E-state index is 14.2. The quantitative estimate of drug-likeness (QED) is 0.140. The number of rotatable bonds is 5. The molecule has 0 heterocycles. The molecule has 6 atom stereocenters. The van der Waals surface area contributed by atoms with Crippen LogP contribution in [0.5, 0.6) is 5.75 Å². The average Bonchev–Trinajstić information content (AvgIpc) is 3.43. The Morgan fingerprint density at radius 2 is 1.53 bits per heavy atom. The number of imide groups is 1. The number of ether oxygens (including phenoxy) is 1. The summed E-state index contributed by atoms with van der Waals surface area (Å²) in [6.07, 6.45) is -2.83. The van der Waals surface area contributed by atoms with E-state index in [0.717, 1.165) is 22.3 Å². The molecule has 0 aliphatic heterocycles. The van der Waals surface area contributed by atoms with Crippen molar-refractivity contribution in [3.63, 3.8) is 0 Å². The number of carbonyl (C=O) groups is 5. The fraction of sp³-hybridized carbons (Fsp3) is 0.289. The van der Waals surface area contributed by atoms with Crippen LogP contribution in [0.25, 0.3) is 16.9 Å². The number of nitrogens with two attached hydrogens (primary N) is 1. The number of fused-ring (bicyclic) bond motifs is 6. The van der Waals surface area contributed by atoms with Gasteiger partial charge in [-0.15, -0.1) is 0 Å². The molecule has 4 aliphatic rings. The first-order valence-corrected chi connectivity index (χ1v) is 16.7. The number of aliphatic hydroxyl groups excluding tert-OH is 3. The lowest BCUT2D eigenvalue weighted by atomic mass is 9.54. The normalized spacial score (nSPS) is 26.0. The van der Waals surface area contributed by atoms with E-state index < -0.39 is 93.5 Å². The number of nitrogens with zero attached hydrogens (tertiary/aromatic N) is 1. The summed E-state index contributed by atoms with van der Waals surface area (Å²) in [7, 11) is 2.83. The summed E-state index contributed by atoms with van der Waals surface area (Å²) < 4.78 is 5.41. The van der Waals surface area contributed by atoms with E-state index >= 15 is 0 Å². The number of amides is 4. The number of nitrogens with one attached hydrogen (secondary N) is 2. The average molecular weight is 725 g/mol. The number of hydrogen-bond donors (Lipinski definition) is 8. The molecule has 4 aliphatic carbocycles. The Labute approximate surface area is 302 Å². The zero-order valence-electron chi connectivity index (χ0n) is 28.7. The molecule has 0 bridgehead atoms. The molecule has 15 nitrogen and oxygen atoms in total. The van der Waals surface area contributed by atoms with Gasteiger partial charge in [-0.1, -0.05) is 61.5 Å². The molecule has 0 aromatic heterocycles. The molecule has 53 heavy (non-hydrogen) atoms. The van der Waals surface area contributed by atoms with Crippen molar-refractivity contribution >= 4 is 41.0 Å². The highest BCUT2D eigenvalue weighted by Crippen LogP contribution is 2.56. The minimum absolute atomic E-state index is 0.0695. The number of phenols is 1. The van der Waals surface area contributed by atoms with Crippen LogP contribution >= 0.6 is 0 Å². The number of aliphatic hydroxyl groups is 4. The third-order valence-electron chi connectivity index (χ3n) is 10.9. The summed E-state index contributed by atoms with van der Waals surface area (Å²) in [5, 5.41) is 61.9. The number of Topliss-reactive ketones (excluding diaryl/α,β-unsaturated/α-hetero) is 2. The van der Waals surface area contributed by atoms with Gasteiger partial charge in [0.25, 0.3) is 5.91 Å². The molecular weight excluding hydrogens is 688 g/mol. The molecule has 0 unspecified atom stereocenters. The number of benzene rings is 3. The van der Waals surface area contributed by atoms with Crippen LogP contribution in [0.3, 0.4) is 0 Å². The first-order chi connectivity index (χ1) is 25.1. The van der Waals surface area contributed by atoms with Crippen molar-refractivity contribution in [1.82, 2.24) is 10.2 Å². The Kier molecular flexibility index (Phi) is 8.40. The highest BCUT2D eigenvalue weighted by atomic mass is 16.5. The Bertz CT molecular complexity index is 2170. The number of alkyl carbamates (subject to hydrolysis) is 1. The molecule has 3 aromatic rings. The molecule has 7 rings (SSSR count). The van der Waals surface area contributed by atoms with Crippen LogP contribution in [-0.4, -0.2) is 98.5 Å². The van der Waals surface area contributed by atoms with Gasteiger partial charge in [0.05, 0.1) is 29.3 Å². The van der Waals surface area contributed by atoms with Gasteiger partial charge >= 0.3 is 12.1 Å². The van der Waals surface area contributed by atoms with Crippen LogP contribution in [0.1, 0.15) is 41.0 Å². The van der Waals surface area contributed by atoms with Crippen LogP contribution in [0, 0.1) is 11.8 Å². The summed E-state index contributed by atoms with van der Waals surface area (Å²) in [4.78, 5) is 66.7. The predicted octanol–water partition coefficient (Wildman–Crippen LogP) is 2.57. The predicted molar refractivity (Wildman–Crippen MR) is 188 cm³/mol. The number of primary amides is 1.